The molecule has 1 saturated heterocycles. The molecule has 1 fully saturated rings. The van der Waals surface area contributed by atoms with E-state index in [-0.39, 0.29) is 23.3 Å². The second kappa shape index (κ2) is 5.95. The lowest BCUT2D eigenvalue weighted by atomic mass is 9.78. The van der Waals surface area contributed by atoms with E-state index in [9.17, 15) is 4.79 Å². The SMILES string of the molecule is COC(=O)C(C(C)C)n1cncc1C1(C)CCNCC1. The highest BCUT2D eigenvalue weighted by Crippen LogP contribution is 2.35. The number of hydrogen-bond donors (Lipinski definition) is 1. The van der Waals surface area contributed by atoms with Gasteiger partial charge in [-0.05, 0) is 31.8 Å². The number of carbonyl (C=O) groups is 1. The van der Waals surface area contributed by atoms with Crippen LogP contribution in [0.4, 0.5) is 0 Å². The summed E-state index contributed by atoms with van der Waals surface area (Å²) in [5, 5.41) is 3.39. The Hall–Kier alpha value is -1.36. The van der Waals surface area contributed by atoms with Gasteiger partial charge in [0.15, 0.2) is 0 Å². The molecule has 20 heavy (non-hydrogen) atoms. The maximum Gasteiger partial charge on any atom is 0.329 e. The van der Waals surface area contributed by atoms with Crippen LogP contribution in [0.1, 0.15) is 45.3 Å². The van der Waals surface area contributed by atoms with Gasteiger partial charge in [-0.25, -0.2) is 9.78 Å². The van der Waals surface area contributed by atoms with Gasteiger partial charge in [-0.2, -0.15) is 0 Å². The molecule has 0 amide bonds. The molecule has 0 aliphatic carbocycles. The minimum atomic E-state index is -0.302. The zero-order valence-electron chi connectivity index (χ0n) is 12.8. The maximum atomic E-state index is 12.1. The number of imidazole rings is 1. The number of hydrogen-bond acceptors (Lipinski definition) is 4. The van der Waals surface area contributed by atoms with Gasteiger partial charge in [-0.3, -0.25) is 0 Å². The molecule has 5 heteroatoms. The van der Waals surface area contributed by atoms with E-state index in [0.717, 1.165) is 31.6 Å². The molecule has 5 nitrogen and oxygen atoms in total. The molecule has 112 valence electrons. The zero-order chi connectivity index (χ0) is 14.8. The van der Waals surface area contributed by atoms with Crippen molar-refractivity contribution in [1.29, 1.82) is 0 Å². The summed E-state index contributed by atoms with van der Waals surface area (Å²) >= 11 is 0. The van der Waals surface area contributed by atoms with Crippen molar-refractivity contribution in [2.24, 2.45) is 5.92 Å². The fourth-order valence-corrected chi connectivity index (χ4v) is 3.06. The van der Waals surface area contributed by atoms with E-state index in [2.05, 4.69) is 17.2 Å². The van der Waals surface area contributed by atoms with Crippen molar-refractivity contribution >= 4 is 5.97 Å². The van der Waals surface area contributed by atoms with Crippen molar-refractivity contribution < 1.29 is 9.53 Å². The van der Waals surface area contributed by atoms with E-state index >= 15 is 0 Å². The van der Waals surface area contributed by atoms with Crippen LogP contribution < -0.4 is 5.32 Å². The number of nitrogens with one attached hydrogen (secondary N) is 1. The topological polar surface area (TPSA) is 56.2 Å². The summed E-state index contributed by atoms with van der Waals surface area (Å²) in [7, 11) is 1.44. The standard InChI is InChI=1S/C15H25N3O2/c1-11(2)13(14(19)20-4)18-10-17-9-12(18)15(3)5-7-16-8-6-15/h9-11,13,16H,5-8H2,1-4H3. The first-order valence-corrected chi connectivity index (χ1v) is 7.30. The summed E-state index contributed by atoms with van der Waals surface area (Å²) in [5.74, 6) is -0.0301. The van der Waals surface area contributed by atoms with Crippen molar-refractivity contribution in [3.8, 4) is 0 Å². The maximum absolute atomic E-state index is 12.1. The van der Waals surface area contributed by atoms with Gasteiger partial charge in [0.05, 0.1) is 13.4 Å². The molecule has 2 rings (SSSR count). The minimum Gasteiger partial charge on any atom is -0.467 e. The number of aromatic nitrogens is 2. The van der Waals surface area contributed by atoms with Gasteiger partial charge < -0.3 is 14.6 Å². The molecule has 1 aromatic rings. The van der Waals surface area contributed by atoms with Crippen LogP contribution in [0.25, 0.3) is 0 Å². The molecule has 0 radical (unpaired) electrons. The third-order valence-electron chi connectivity index (χ3n) is 4.37. The monoisotopic (exact) mass is 279 g/mol. The second-order valence-electron chi connectivity index (χ2n) is 6.21. The smallest absolute Gasteiger partial charge is 0.329 e. The Morgan fingerprint density at radius 3 is 2.65 bits per heavy atom. The van der Waals surface area contributed by atoms with Crippen LogP contribution in [-0.4, -0.2) is 35.7 Å². The first kappa shape index (κ1) is 15.0. The highest BCUT2D eigenvalue weighted by molar-refractivity contribution is 5.74. The molecule has 1 atom stereocenters. The average Bonchev–Trinajstić information content (AvgIpc) is 2.89. The summed E-state index contributed by atoms with van der Waals surface area (Å²) in [5.41, 5.74) is 1.21. The first-order valence-electron chi connectivity index (χ1n) is 7.30. The lowest BCUT2D eigenvalue weighted by Gasteiger charge is -2.36. The van der Waals surface area contributed by atoms with Crippen molar-refractivity contribution in [2.45, 2.75) is 45.1 Å². The molecular formula is C15H25N3O2. The predicted octanol–water partition coefficient (Wildman–Crippen LogP) is 1.89. The highest BCUT2D eigenvalue weighted by Gasteiger charge is 2.35. The Morgan fingerprint density at radius 1 is 1.45 bits per heavy atom. The summed E-state index contributed by atoms with van der Waals surface area (Å²) in [4.78, 5) is 16.4. The molecule has 0 aromatic carbocycles. The van der Waals surface area contributed by atoms with Crippen LogP contribution in [0.15, 0.2) is 12.5 Å². The summed E-state index contributed by atoms with van der Waals surface area (Å²) < 4.78 is 6.99. The summed E-state index contributed by atoms with van der Waals surface area (Å²) in [6.07, 6.45) is 5.79. The number of methoxy groups -OCH3 is 1. The van der Waals surface area contributed by atoms with Gasteiger partial charge in [0.1, 0.15) is 6.04 Å². The molecule has 1 aliphatic rings. The van der Waals surface area contributed by atoms with Gasteiger partial charge in [0, 0.05) is 17.3 Å². The Labute approximate surface area is 120 Å². The highest BCUT2D eigenvalue weighted by atomic mass is 16.5. The molecule has 1 N–H and O–H groups in total. The van der Waals surface area contributed by atoms with E-state index in [0.29, 0.717) is 0 Å². The van der Waals surface area contributed by atoms with E-state index in [1.165, 1.54) is 7.11 Å². The van der Waals surface area contributed by atoms with Crippen molar-refractivity contribution in [3.63, 3.8) is 0 Å². The third kappa shape index (κ3) is 2.73. The quantitative estimate of drug-likeness (QED) is 0.855. The van der Waals surface area contributed by atoms with Gasteiger partial charge in [0.25, 0.3) is 0 Å². The molecule has 0 saturated carbocycles. The normalized spacial score (nSPS) is 19.9. The van der Waals surface area contributed by atoms with E-state index < -0.39 is 0 Å². The predicted molar refractivity (Wildman–Crippen MR) is 77.6 cm³/mol. The van der Waals surface area contributed by atoms with Crippen molar-refractivity contribution in [1.82, 2.24) is 14.9 Å². The van der Waals surface area contributed by atoms with Gasteiger partial charge in [-0.15, -0.1) is 0 Å². The Balaban J connectivity index is 2.38. The number of esters is 1. The number of piperidine rings is 1. The van der Waals surface area contributed by atoms with Gasteiger partial charge in [-0.1, -0.05) is 20.8 Å². The molecule has 1 unspecified atom stereocenters. The molecule has 2 heterocycles. The van der Waals surface area contributed by atoms with Gasteiger partial charge >= 0.3 is 5.97 Å². The van der Waals surface area contributed by atoms with E-state index in [1.54, 1.807) is 6.33 Å². The fourth-order valence-electron chi connectivity index (χ4n) is 3.06. The molecule has 1 aliphatic heterocycles. The minimum absolute atomic E-state index is 0.0723. The average molecular weight is 279 g/mol. The number of nitrogens with zero attached hydrogens (tertiary/aromatic N) is 2. The van der Waals surface area contributed by atoms with Crippen LogP contribution in [0.5, 0.6) is 0 Å². The lowest BCUT2D eigenvalue weighted by molar-refractivity contribution is -0.146. The molecule has 0 spiro atoms. The third-order valence-corrected chi connectivity index (χ3v) is 4.37. The lowest BCUT2D eigenvalue weighted by Crippen LogP contribution is -2.40. The summed E-state index contributed by atoms with van der Waals surface area (Å²) in [6.45, 7) is 8.35. The van der Waals surface area contributed by atoms with E-state index in [4.69, 9.17) is 4.74 Å². The number of carbonyl (C=O) groups excluding carboxylic acids is 1. The van der Waals surface area contributed by atoms with Crippen molar-refractivity contribution in [2.75, 3.05) is 20.2 Å². The van der Waals surface area contributed by atoms with Crippen LogP contribution in [0.2, 0.25) is 0 Å². The van der Waals surface area contributed by atoms with E-state index in [1.807, 2.05) is 24.6 Å². The number of rotatable bonds is 4. The zero-order valence-corrected chi connectivity index (χ0v) is 12.8. The molecule has 1 aromatic heterocycles. The molecule has 0 bridgehead atoms. The molecular weight excluding hydrogens is 254 g/mol. The van der Waals surface area contributed by atoms with Crippen LogP contribution in [-0.2, 0) is 14.9 Å². The second-order valence-corrected chi connectivity index (χ2v) is 6.21. The van der Waals surface area contributed by atoms with Crippen LogP contribution in [0, 0.1) is 5.92 Å². The Morgan fingerprint density at radius 2 is 2.10 bits per heavy atom. The largest absolute Gasteiger partial charge is 0.467 e. The van der Waals surface area contributed by atoms with Crippen LogP contribution >= 0.6 is 0 Å². The Kier molecular flexibility index (Phi) is 4.48. The van der Waals surface area contributed by atoms with Crippen molar-refractivity contribution in [3.05, 3.63) is 18.2 Å². The van der Waals surface area contributed by atoms with Gasteiger partial charge in [0.2, 0.25) is 0 Å². The fraction of sp³-hybridized carbons (Fsp3) is 0.733. The first-order chi connectivity index (χ1) is 9.49. The summed E-state index contributed by atoms with van der Waals surface area (Å²) in [6, 6.07) is -0.302. The van der Waals surface area contributed by atoms with Crippen LogP contribution in [0.3, 0.4) is 0 Å². The Bertz CT molecular complexity index is 461. The number of ether oxygens (including phenoxy) is 1.